The van der Waals surface area contributed by atoms with Crippen LogP contribution in [0.5, 0.6) is 0 Å². The van der Waals surface area contributed by atoms with E-state index in [1.807, 2.05) is 6.92 Å². The largest absolute Gasteiger partial charge is 0.416 e. The van der Waals surface area contributed by atoms with Crippen molar-refractivity contribution < 1.29 is 17.6 Å². The number of nitrogens with two attached hydrogens (primary N) is 1. The zero-order valence-corrected chi connectivity index (χ0v) is 11.3. The normalized spacial score (nSPS) is 13.5. The minimum atomic E-state index is -4.52. The Morgan fingerprint density at radius 1 is 1.25 bits per heavy atom. The molecule has 7 heteroatoms. The third-order valence-electron chi connectivity index (χ3n) is 2.89. The van der Waals surface area contributed by atoms with Gasteiger partial charge in [-0.3, -0.25) is 5.84 Å². The highest BCUT2D eigenvalue weighted by Crippen LogP contribution is 2.34. The number of aryl methyl sites for hydroxylation is 1. The van der Waals surface area contributed by atoms with E-state index in [4.69, 9.17) is 5.84 Å². The lowest BCUT2D eigenvalue weighted by Gasteiger charge is -2.18. The van der Waals surface area contributed by atoms with Gasteiger partial charge in [-0.1, -0.05) is 0 Å². The summed E-state index contributed by atoms with van der Waals surface area (Å²) < 4.78 is 51.9. The number of halogens is 4. The minimum absolute atomic E-state index is 0.125. The zero-order chi connectivity index (χ0) is 14.9. The van der Waals surface area contributed by atoms with Crippen LogP contribution in [-0.4, -0.2) is 0 Å². The third kappa shape index (κ3) is 3.00. The number of benzene rings is 1. The average Bonchev–Trinajstić information content (AvgIpc) is 2.77. The van der Waals surface area contributed by atoms with E-state index in [-0.39, 0.29) is 5.56 Å². The van der Waals surface area contributed by atoms with Gasteiger partial charge >= 0.3 is 6.18 Å². The fourth-order valence-electron chi connectivity index (χ4n) is 1.92. The molecule has 2 nitrogen and oxygen atoms in total. The summed E-state index contributed by atoms with van der Waals surface area (Å²) in [6.07, 6.45) is -4.52. The van der Waals surface area contributed by atoms with Gasteiger partial charge in [-0.2, -0.15) is 13.2 Å². The summed E-state index contributed by atoms with van der Waals surface area (Å²) in [5.41, 5.74) is 1.97. The maximum Gasteiger partial charge on any atom is 0.416 e. The molecule has 0 fully saturated rings. The molecule has 2 rings (SSSR count). The van der Waals surface area contributed by atoms with Crippen LogP contribution in [0.2, 0.25) is 0 Å². The highest BCUT2D eigenvalue weighted by Gasteiger charge is 2.32. The Hall–Kier alpha value is -1.44. The highest BCUT2D eigenvalue weighted by atomic mass is 32.1. The quantitative estimate of drug-likeness (QED) is 0.515. The van der Waals surface area contributed by atoms with Crippen molar-refractivity contribution in [2.24, 2.45) is 5.84 Å². The van der Waals surface area contributed by atoms with Gasteiger partial charge in [-0.15, -0.1) is 11.3 Å². The molecule has 3 N–H and O–H groups in total. The smallest absolute Gasteiger partial charge is 0.271 e. The highest BCUT2D eigenvalue weighted by molar-refractivity contribution is 7.10. The fraction of sp³-hybridized carbons (Fsp3) is 0.231. The first kappa shape index (κ1) is 15.0. The van der Waals surface area contributed by atoms with Crippen molar-refractivity contribution in [2.45, 2.75) is 19.1 Å². The second-order valence-electron chi connectivity index (χ2n) is 4.32. The van der Waals surface area contributed by atoms with E-state index in [1.165, 1.54) is 11.3 Å². The van der Waals surface area contributed by atoms with Gasteiger partial charge in [0, 0.05) is 10.4 Å². The Bertz CT molecular complexity index is 607. The molecule has 1 unspecified atom stereocenters. The van der Waals surface area contributed by atoms with Gasteiger partial charge in [-0.25, -0.2) is 9.82 Å². The molecule has 2 aromatic rings. The fourth-order valence-corrected chi connectivity index (χ4v) is 2.65. The Morgan fingerprint density at radius 3 is 2.45 bits per heavy atom. The monoisotopic (exact) mass is 304 g/mol. The van der Waals surface area contributed by atoms with Crippen LogP contribution >= 0.6 is 11.3 Å². The van der Waals surface area contributed by atoms with E-state index in [2.05, 4.69) is 5.43 Å². The molecule has 0 aliphatic rings. The van der Waals surface area contributed by atoms with Crippen LogP contribution < -0.4 is 11.3 Å². The summed E-state index contributed by atoms with van der Waals surface area (Å²) in [5.74, 6) is 4.65. The van der Waals surface area contributed by atoms with E-state index in [0.717, 1.165) is 17.0 Å². The Morgan fingerprint density at radius 2 is 1.95 bits per heavy atom. The SMILES string of the molecule is Cc1cc(C(NN)c2cc(C(F)(F)F)ccc2F)cs1. The molecule has 1 aromatic heterocycles. The van der Waals surface area contributed by atoms with Crippen molar-refractivity contribution in [3.05, 3.63) is 57.0 Å². The molecule has 0 spiro atoms. The van der Waals surface area contributed by atoms with Crippen molar-refractivity contribution in [2.75, 3.05) is 0 Å². The molecule has 1 aromatic carbocycles. The van der Waals surface area contributed by atoms with E-state index in [1.54, 1.807) is 11.4 Å². The Balaban J connectivity index is 2.49. The van der Waals surface area contributed by atoms with E-state index >= 15 is 0 Å². The molecule has 0 amide bonds. The van der Waals surface area contributed by atoms with Gasteiger partial charge in [-0.05, 0) is 42.1 Å². The van der Waals surface area contributed by atoms with Crippen molar-refractivity contribution in [1.29, 1.82) is 0 Å². The van der Waals surface area contributed by atoms with Crippen LogP contribution in [0.25, 0.3) is 0 Å². The predicted molar refractivity (Wildman–Crippen MR) is 69.6 cm³/mol. The molecule has 0 saturated carbocycles. The predicted octanol–water partition coefficient (Wildman–Crippen LogP) is 3.77. The van der Waals surface area contributed by atoms with Crippen molar-refractivity contribution in [3.63, 3.8) is 0 Å². The minimum Gasteiger partial charge on any atom is -0.271 e. The second kappa shape index (κ2) is 5.51. The van der Waals surface area contributed by atoms with Crippen molar-refractivity contribution in [3.8, 4) is 0 Å². The molecule has 0 aliphatic carbocycles. The molecule has 108 valence electrons. The summed E-state index contributed by atoms with van der Waals surface area (Å²) in [7, 11) is 0. The van der Waals surface area contributed by atoms with Crippen LogP contribution in [0.4, 0.5) is 17.6 Å². The first-order valence-electron chi connectivity index (χ1n) is 5.70. The van der Waals surface area contributed by atoms with E-state index < -0.39 is 23.6 Å². The van der Waals surface area contributed by atoms with Gasteiger partial charge in [0.1, 0.15) is 5.82 Å². The molecule has 0 saturated heterocycles. The van der Waals surface area contributed by atoms with Gasteiger partial charge in [0.15, 0.2) is 0 Å². The summed E-state index contributed by atoms with van der Waals surface area (Å²) in [6, 6.07) is 3.25. The summed E-state index contributed by atoms with van der Waals surface area (Å²) in [6.45, 7) is 1.85. The number of nitrogens with one attached hydrogen (secondary N) is 1. The molecular weight excluding hydrogens is 292 g/mol. The Kier molecular flexibility index (Phi) is 4.12. The molecule has 20 heavy (non-hydrogen) atoms. The van der Waals surface area contributed by atoms with E-state index in [9.17, 15) is 17.6 Å². The lowest BCUT2D eigenvalue weighted by molar-refractivity contribution is -0.137. The lowest BCUT2D eigenvalue weighted by atomic mass is 9.98. The molecule has 1 atom stereocenters. The standard InChI is InChI=1S/C13H12F4N2S/c1-7-4-8(6-20-7)12(19-18)10-5-9(13(15,16)17)2-3-11(10)14/h2-6,12,19H,18H2,1H3. The first-order valence-corrected chi connectivity index (χ1v) is 6.58. The average molecular weight is 304 g/mol. The third-order valence-corrected chi connectivity index (χ3v) is 3.76. The van der Waals surface area contributed by atoms with Gasteiger partial charge in [0.2, 0.25) is 0 Å². The maximum absolute atomic E-state index is 13.8. The first-order chi connectivity index (χ1) is 9.32. The molecule has 1 heterocycles. The van der Waals surface area contributed by atoms with Gasteiger partial charge in [0.05, 0.1) is 11.6 Å². The van der Waals surface area contributed by atoms with Crippen LogP contribution in [0.3, 0.4) is 0 Å². The zero-order valence-electron chi connectivity index (χ0n) is 10.5. The van der Waals surface area contributed by atoms with Crippen molar-refractivity contribution in [1.82, 2.24) is 5.43 Å². The maximum atomic E-state index is 13.8. The second-order valence-corrected chi connectivity index (χ2v) is 5.44. The van der Waals surface area contributed by atoms with Crippen LogP contribution in [0.15, 0.2) is 29.6 Å². The van der Waals surface area contributed by atoms with Crippen LogP contribution in [-0.2, 0) is 6.18 Å². The Labute approximate surface area is 117 Å². The summed E-state index contributed by atoms with van der Waals surface area (Å²) in [5, 5.41) is 1.74. The summed E-state index contributed by atoms with van der Waals surface area (Å²) in [4.78, 5) is 0.965. The number of thiophene rings is 1. The summed E-state index contributed by atoms with van der Waals surface area (Å²) >= 11 is 1.42. The number of hydrogen-bond acceptors (Lipinski definition) is 3. The lowest BCUT2D eigenvalue weighted by Crippen LogP contribution is -2.29. The number of hydrazine groups is 1. The van der Waals surface area contributed by atoms with Crippen molar-refractivity contribution >= 4 is 11.3 Å². The van der Waals surface area contributed by atoms with Gasteiger partial charge in [0.25, 0.3) is 0 Å². The van der Waals surface area contributed by atoms with E-state index in [0.29, 0.717) is 11.6 Å². The molecule has 0 bridgehead atoms. The number of alkyl halides is 3. The molecule has 0 radical (unpaired) electrons. The van der Waals surface area contributed by atoms with Gasteiger partial charge < -0.3 is 0 Å². The molecular formula is C13H12F4N2S. The van der Waals surface area contributed by atoms with Crippen LogP contribution in [0.1, 0.15) is 27.6 Å². The number of rotatable bonds is 3. The topological polar surface area (TPSA) is 38.0 Å². The number of hydrogen-bond donors (Lipinski definition) is 2. The molecule has 0 aliphatic heterocycles. The van der Waals surface area contributed by atoms with Crippen LogP contribution in [0, 0.1) is 12.7 Å².